The van der Waals surface area contributed by atoms with Gasteiger partial charge in [0.15, 0.2) is 0 Å². The Hall–Kier alpha value is -2.34. The van der Waals surface area contributed by atoms with Crippen LogP contribution in [0.4, 0.5) is 0 Å². The van der Waals surface area contributed by atoms with Gasteiger partial charge in [-0.3, -0.25) is 14.0 Å². The highest BCUT2D eigenvalue weighted by atomic mass is 35.5. The van der Waals surface area contributed by atoms with Crippen LogP contribution in [0.15, 0.2) is 59.8 Å². The third-order valence-corrected chi connectivity index (χ3v) is 4.92. The first kappa shape index (κ1) is 17.1. The molecular weight excluding hydrogens is 395 g/mol. The van der Waals surface area contributed by atoms with Crippen molar-refractivity contribution in [2.75, 3.05) is 0 Å². The number of benzene rings is 1. The van der Waals surface area contributed by atoms with Crippen LogP contribution in [0.25, 0.3) is 16.6 Å². The van der Waals surface area contributed by atoms with Gasteiger partial charge in [0.2, 0.25) is 0 Å². The van der Waals surface area contributed by atoms with Crippen molar-refractivity contribution >= 4 is 45.7 Å². The first-order valence-electron chi connectivity index (χ1n) is 7.66. The van der Waals surface area contributed by atoms with E-state index in [4.69, 9.17) is 34.8 Å². The average Bonchev–Trinajstić information content (AvgIpc) is 3.03. The van der Waals surface area contributed by atoms with Crippen LogP contribution in [0.2, 0.25) is 15.2 Å². The van der Waals surface area contributed by atoms with E-state index < -0.39 is 0 Å². The summed E-state index contributed by atoms with van der Waals surface area (Å²) in [6.45, 7) is 0.467. The van der Waals surface area contributed by atoms with Gasteiger partial charge in [-0.15, -0.1) is 0 Å². The predicted octanol–water partition coefficient (Wildman–Crippen LogP) is 4.59. The average molecular weight is 406 g/mol. The molecular formula is C18H11Cl3N4O. The Morgan fingerprint density at radius 2 is 1.81 bits per heavy atom. The summed E-state index contributed by atoms with van der Waals surface area (Å²) < 4.78 is 3.17. The summed E-state index contributed by atoms with van der Waals surface area (Å²) in [4.78, 5) is 16.8. The minimum atomic E-state index is -0.239. The van der Waals surface area contributed by atoms with E-state index in [2.05, 4.69) is 10.1 Å². The Labute approximate surface area is 163 Å². The van der Waals surface area contributed by atoms with Crippen LogP contribution >= 0.6 is 34.8 Å². The van der Waals surface area contributed by atoms with E-state index in [1.54, 1.807) is 23.1 Å². The Kier molecular flexibility index (Phi) is 4.44. The third kappa shape index (κ3) is 2.98. The standard InChI is InChI=1S/C18H11Cl3N4O/c19-13-4-2-1-3-11(13)10-25-15-5-6-24(18(26)12(15)8-23-25)16-7-17(21)22-9-14(16)20/h1-9H,10H2. The lowest BCUT2D eigenvalue weighted by Crippen LogP contribution is -2.18. The highest BCUT2D eigenvalue weighted by Gasteiger charge is 2.13. The minimum absolute atomic E-state index is 0.239. The normalized spacial score (nSPS) is 11.2. The van der Waals surface area contributed by atoms with Crippen molar-refractivity contribution < 1.29 is 0 Å². The van der Waals surface area contributed by atoms with E-state index in [1.807, 2.05) is 30.3 Å². The number of pyridine rings is 2. The third-order valence-electron chi connectivity index (χ3n) is 4.05. The van der Waals surface area contributed by atoms with Crippen LogP contribution < -0.4 is 5.56 Å². The number of aromatic nitrogens is 4. The first-order valence-corrected chi connectivity index (χ1v) is 8.80. The quantitative estimate of drug-likeness (QED) is 0.468. The van der Waals surface area contributed by atoms with Crippen LogP contribution in [-0.2, 0) is 6.54 Å². The molecule has 0 bridgehead atoms. The molecule has 0 aliphatic heterocycles. The Morgan fingerprint density at radius 1 is 1.00 bits per heavy atom. The zero-order chi connectivity index (χ0) is 18.3. The minimum Gasteiger partial charge on any atom is -0.282 e. The topological polar surface area (TPSA) is 52.7 Å². The molecule has 0 N–H and O–H groups in total. The van der Waals surface area contributed by atoms with Gasteiger partial charge in [-0.1, -0.05) is 53.0 Å². The van der Waals surface area contributed by atoms with Gasteiger partial charge in [0.25, 0.3) is 5.56 Å². The summed E-state index contributed by atoms with van der Waals surface area (Å²) >= 11 is 18.3. The molecule has 0 radical (unpaired) electrons. The van der Waals surface area contributed by atoms with Crippen molar-refractivity contribution in [3.63, 3.8) is 0 Å². The maximum Gasteiger partial charge on any atom is 0.266 e. The lowest BCUT2D eigenvalue weighted by Gasteiger charge is -2.09. The molecule has 8 heteroatoms. The Bertz CT molecular complexity index is 1180. The molecule has 0 aliphatic carbocycles. The lowest BCUT2D eigenvalue weighted by atomic mass is 10.2. The highest BCUT2D eigenvalue weighted by molar-refractivity contribution is 6.33. The van der Waals surface area contributed by atoms with Crippen molar-refractivity contribution in [3.8, 4) is 5.69 Å². The van der Waals surface area contributed by atoms with Gasteiger partial charge >= 0.3 is 0 Å². The number of halogens is 3. The smallest absolute Gasteiger partial charge is 0.266 e. The maximum absolute atomic E-state index is 12.9. The van der Waals surface area contributed by atoms with Gasteiger partial charge in [0.1, 0.15) is 5.15 Å². The van der Waals surface area contributed by atoms with Crippen molar-refractivity contribution in [1.29, 1.82) is 0 Å². The number of hydrogen-bond donors (Lipinski definition) is 0. The second-order valence-electron chi connectivity index (χ2n) is 5.64. The molecule has 5 nitrogen and oxygen atoms in total. The number of rotatable bonds is 3. The van der Waals surface area contributed by atoms with E-state index in [0.717, 1.165) is 5.56 Å². The van der Waals surface area contributed by atoms with Crippen molar-refractivity contribution in [3.05, 3.63) is 86.1 Å². The number of fused-ring (bicyclic) bond motifs is 1. The molecule has 0 atom stereocenters. The van der Waals surface area contributed by atoms with Gasteiger partial charge in [0, 0.05) is 23.5 Å². The van der Waals surface area contributed by atoms with E-state index in [0.29, 0.717) is 33.2 Å². The van der Waals surface area contributed by atoms with E-state index in [1.165, 1.54) is 10.8 Å². The molecule has 0 spiro atoms. The van der Waals surface area contributed by atoms with E-state index in [9.17, 15) is 4.79 Å². The molecule has 0 unspecified atom stereocenters. The van der Waals surface area contributed by atoms with Crippen molar-refractivity contribution in [1.82, 2.24) is 19.3 Å². The van der Waals surface area contributed by atoms with Crippen LogP contribution in [-0.4, -0.2) is 19.3 Å². The molecule has 0 aliphatic rings. The van der Waals surface area contributed by atoms with E-state index >= 15 is 0 Å². The SMILES string of the molecule is O=c1c2cnn(Cc3ccccc3Cl)c2ccn1-c1cc(Cl)ncc1Cl. The zero-order valence-electron chi connectivity index (χ0n) is 13.2. The molecule has 26 heavy (non-hydrogen) atoms. The largest absolute Gasteiger partial charge is 0.282 e. The van der Waals surface area contributed by atoms with Gasteiger partial charge in [-0.05, 0) is 17.7 Å². The molecule has 1 aromatic carbocycles. The molecule has 0 saturated carbocycles. The second-order valence-corrected chi connectivity index (χ2v) is 6.84. The fraction of sp³-hybridized carbons (Fsp3) is 0.0556. The summed E-state index contributed by atoms with van der Waals surface area (Å²) in [5, 5.41) is 6.06. The fourth-order valence-corrected chi connectivity index (χ4v) is 3.31. The van der Waals surface area contributed by atoms with E-state index in [-0.39, 0.29) is 10.7 Å². The van der Waals surface area contributed by atoms with Crippen LogP contribution in [0.3, 0.4) is 0 Å². The molecule has 130 valence electrons. The van der Waals surface area contributed by atoms with Gasteiger partial charge in [-0.2, -0.15) is 5.10 Å². The van der Waals surface area contributed by atoms with Crippen LogP contribution in [0, 0.1) is 0 Å². The Morgan fingerprint density at radius 3 is 2.62 bits per heavy atom. The monoisotopic (exact) mass is 404 g/mol. The molecule has 3 heterocycles. The van der Waals surface area contributed by atoms with Crippen LogP contribution in [0.5, 0.6) is 0 Å². The Balaban J connectivity index is 1.82. The summed E-state index contributed by atoms with van der Waals surface area (Å²) in [6, 6.07) is 10.9. The number of nitrogens with zero attached hydrogens (tertiary/aromatic N) is 4. The van der Waals surface area contributed by atoms with Gasteiger partial charge < -0.3 is 0 Å². The molecule has 0 saturated heterocycles. The molecule has 4 rings (SSSR count). The molecule has 4 aromatic rings. The van der Waals surface area contributed by atoms with Crippen molar-refractivity contribution in [2.45, 2.75) is 6.54 Å². The summed E-state index contributed by atoms with van der Waals surface area (Å²) in [5.41, 5.74) is 1.87. The van der Waals surface area contributed by atoms with Gasteiger partial charge in [0.05, 0.1) is 34.4 Å². The zero-order valence-corrected chi connectivity index (χ0v) is 15.5. The maximum atomic E-state index is 12.9. The molecule has 3 aromatic heterocycles. The molecule has 0 fully saturated rings. The van der Waals surface area contributed by atoms with Crippen LogP contribution in [0.1, 0.15) is 5.56 Å². The first-order chi connectivity index (χ1) is 12.5. The van der Waals surface area contributed by atoms with Crippen molar-refractivity contribution in [2.24, 2.45) is 0 Å². The summed E-state index contributed by atoms with van der Waals surface area (Å²) in [7, 11) is 0. The lowest BCUT2D eigenvalue weighted by molar-refractivity contribution is 0.712. The predicted molar refractivity (Wildman–Crippen MR) is 104 cm³/mol. The summed E-state index contributed by atoms with van der Waals surface area (Å²) in [6.07, 6.45) is 4.60. The highest BCUT2D eigenvalue weighted by Crippen LogP contribution is 2.23. The number of hydrogen-bond acceptors (Lipinski definition) is 3. The summed E-state index contributed by atoms with van der Waals surface area (Å²) in [5.74, 6) is 0. The fourth-order valence-electron chi connectivity index (χ4n) is 2.77. The van der Waals surface area contributed by atoms with Gasteiger partial charge in [-0.25, -0.2) is 4.98 Å². The molecule has 0 amide bonds. The second kappa shape index (κ2) is 6.76.